The van der Waals surface area contributed by atoms with Gasteiger partial charge < -0.3 is 24.5 Å². The van der Waals surface area contributed by atoms with Gasteiger partial charge in [0.2, 0.25) is 5.91 Å². The molecule has 1 atom stereocenters. The van der Waals surface area contributed by atoms with Crippen molar-refractivity contribution in [2.75, 3.05) is 26.6 Å². The topological polar surface area (TPSA) is 89.7 Å². The van der Waals surface area contributed by atoms with E-state index < -0.39 is 11.9 Å². The lowest BCUT2D eigenvalue weighted by Gasteiger charge is -2.15. The molecule has 1 aliphatic rings. The number of ether oxygens (including phenoxy) is 3. The van der Waals surface area contributed by atoms with Gasteiger partial charge in [-0.3, -0.25) is 4.79 Å². The molecule has 0 radical (unpaired) electrons. The fourth-order valence-corrected chi connectivity index (χ4v) is 4.22. The summed E-state index contributed by atoms with van der Waals surface area (Å²) in [5.41, 5.74) is 4.14. The predicted molar refractivity (Wildman–Crippen MR) is 117 cm³/mol. The van der Waals surface area contributed by atoms with Crippen molar-refractivity contribution in [3.63, 3.8) is 0 Å². The van der Waals surface area contributed by atoms with Crippen LogP contribution in [0.15, 0.2) is 36.4 Å². The van der Waals surface area contributed by atoms with E-state index in [1.807, 2.05) is 6.07 Å². The molecule has 0 aliphatic carbocycles. The second-order valence-electron chi connectivity index (χ2n) is 7.13. The van der Waals surface area contributed by atoms with Crippen LogP contribution in [0.5, 0.6) is 11.5 Å². The molecule has 7 nitrogen and oxygen atoms in total. The van der Waals surface area contributed by atoms with E-state index in [2.05, 4.69) is 10.3 Å². The first-order valence-electron chi connectivity index (χ1n) is 9.53. The Morgan fingerprint density at radius 2 is 1.77 bits per heavy atom. The first-order valence-corrected chi connectivity index (χ1v) is 9.90. The van der Waals surface area contributed by atoms with Gasteiger partial charge in [-0.25, -0.2) is 4.79 Å². The number of hydrogen-bond acceptors (Lipinski definition) is 5. The summed E-state index contributed by atoms with van der Waals surface area (Å²) in [5, 5.41) is 3.38. The number of benzene rings is 2. The summed E-state index contributed by atoms with van der Waals surface area (Å²) < 4.78 is 15.8. The lowest BCUT2D eigenvalue weighted by Crippen LogP contribution is -2.17. The molecular weight excluding hydrogens is 420 g/mol. The summed E-state index contributed by atoms with van der Waals surface area (Å²) >= 11 is 6.22. The van der Waals surface area contributed by atoms with E-state index >= 15 is 0 Å². The van der Waals surface area contributed by atoms with Crippen LogP contribution in [0.2, 0.25) is 5.02 Å². The minimum atomic E-state index is -0.740. The highest BCUT2D eigenvalue weighted by Crippen LogP contribution is 2.45. The van der Waals surface area contributed by atoms with Gasteiger partial charge in [0.1, 0.15) is 0 Å². The van der Waals surface area contributed by atoms with Gasteiger partial charge in [-0.05, 0) is 48.9 Å². The van der Waals surface area contributed by atoms with Gasteiger partial charge in [0.25, 0.3) is 0 Å². The number of amides is 1. The van der Waals surface area contributed by atoms with Crippen LogP contribution in [0.1, 0.15) is 33.1 Å². The molecule has 2 heterocycles. The van der Waals surface area contributed by atoms with E-state index in [1.165, 1.54) is 7.11 Å². The molecule has 4 rings (SSSR count). The largest absolute Gasteiger partial charge is 0.493 e. The summed E-state index contributed by atoms with van der Waals surface area (Å²) in [6.07, 6.45) is 0. The van der Waals surface area contributed by atoms with Gasteiger partial charge in [-0.2, -0.15) is 0 Å². The molecule has 1 aliphatic heterocycles. The average molecular weight is 441 g/mol. The van der Waals surface area contributed by atoms with Crippen molar-refractivity contribution in [2.24, 2.45) is 0 Å². The highest BCUT2D eigenvalue weighted by molar-refractivity contribution is 6.31. The summed E-state index contributed by atoms with van der Waals surface area (Å²) in [6, 6.07) is 10.6. The smallest absolute Gasteiger partial charge is 0.340 e. The molecule has 0 unspecified atom stereocenters. The van der Waals surface area contributed by atoms with Crippen molar-refractivity contribution in [2.45, 2.75) is 12.8 Å². The molecule has 31 heavy (non-hydrogen) atoms. The maximum atomic E-state index is 13.1. The Morgan fingerprint density at radius 3 is 2.45 bits per heavy atom. The molecule has 8 heteroatoms. The average Bonchev–Trinajstić information content (AvgIpc) is 3.27. The number of esters is 1. The second kappa shape index (κ2) is 8.00. The van der Waals surface area contributed by atoms with E-state index in [1.54, 1.807) is 51.5 Å². The third-order valence-electron chi connectivity index (χ3n) is 5.42. The Bertz CT molecular complexity index is 1200. The van der Waals surface area contributed by atoms with Crippen LogP contribution in [0.4, 0.5) is 5.69 Å². The number of fused-ring (bicyclic) bond motifs is 1. The van der Waals surface area contributed by atoms with Crippen LogP contribution < -0.4 is 14.8 Å². The zero-order valence-electron chi connectivity index (χ0n) is 17.5. The number of rotatable bonds is 5. The van der Waals surface area contributed by atoms with Crippen LogP contribution in [0, 0.1) is 6.92 Å². The number of anilines is 1. The third kappa shape index (κ3) is 3.41. The van der Waals surface area contributed by atoms with Gasteiger partial charge in [0.05, 0.1) is 38.5 Å². The van der Waals surface area contributed by atoms with Crippen LogP contribution in [0.3, 0.4) is 0 Å². The van der Waals surface area contributed by atoms with Crippen molar-refractivity contribution in [1.82, 2.24) is 4.98 Å². The van der Waals surface area contributed by atoms with Crippen LogP contribution >= 0.6 is 11.6 Å². The van der Waals surface area contributed by atoms with Crippen LogP contribution in [0.25, 0.3) is 11.3 Å². The number of halogens is 1. The lowest BCUT2D eigenvalue weighted by molar-refractivity contribution is -0.116. The zero-order chi connectivity index (χ0) is 22.3. The van der Waals surface area contributed by atoms with Gasteiger partial charge in [0.15, 0.2) is 11.5 Å². The molecule has 1 aromatic heterocycles. The molecule has 2 aromatic carbocycles. The Kier molecular flexibility index (Phi) is 5.37. The van der Waals surface area contributed by atoms with Crippen LogP contribution in [-0.4, -0.2) is 38.2 Å². The number of methoxy groups -OCH3 is 3. The fourth-order valence-electron chi connectivity index (χ4n) is 4.04. The molecule has 3 aromatic rings. The van der Waals surface area contributed by atoms with Crippen molar-refractivity contribution in [1.29, 1.82) is 0 Å². The number of aromatic nitrogens is 1. The Labute approximate surface area is 184 Å². The normalized spacial score (nSPS) is 14.7. The van der Waals surface area contributed by atoms with E-state index in [4.69, 9.17) is 25.8 Å². The second-order valence-corrected chi connectivity index (χ2v) is 7.57. The van der Waals surface area contributed by atoms with Crippen LogP contribution in [-0.2, 0) is 9.53 Å². The molecule has 160 valence electrons. The number of nitrogens with one attached hydrogen (secondary N) is 2. The lowest BCUT2D eigenvalue weighted by atomic mass is 9.87. The number of aromatic amines is 1. The van der Waals surface area contributed by atoms with Gasteiger partial charge in [-0.15, -0.1) is 0 Å². The Morgan fingerprint density at radius 1 is 1.03 bits per heavy atom. The summed E-state index contributed by atoms with van der Waals surface area (Å²) in [4.78, 5) is 29.0. The fraction of sp³-hybridized carbons (Fsp3) is 0.217. The number of aryl methyl sites for hydroxylation is 1. The van der Waals surface area contributed by atoms with E-state index in [0.717, 1.165) is 5.56 Å². The summed E-state index contributed by atoms with van der Waals surface area (Å²) in [6.45, 7) is 1.77. The summed E-state index contributed by atoms with van der Waals surface area (Å²) in [7, 11) is 4.42. The van der Waals surface area contributed by atoms with E-state index in [0.29, 0.717) is 50.3 Å². The number of hydrogen-bond donors (Lipinski definition) is 2. The maximum Gasteiger partial charge on any atom is 0.340 e. The SMILES string of the molecule is COC(=O)c1c(C)[nH]c(-c2ccc(OC)c(OC)c2)c1[C@@H]1C(=O)Nc2ccc(Cl)cc21. The first-order chi connectivity index (χ1) is 14.9. The molecule has 0 bridgehead atoms. The van der Waals surface area contributed by atoms with Crippen molar-refractivity contribution in [3.8, 4) is 22.8 Å². The number of carbonyl (C=O) groups is 2. The van der Waals surface area contributed by atoms with E-state index in [-0.39, 0.29) is 5.91 Å². The minimum absolute atomic E-state index is 0.247. The highest BCUT2D eigenvalue weighted by Gasteiger charge is 2.39. The molecule has 0 saturated carbocycles. The van der Waals surface area contributed by atoms with Gasteiger partial charge >= 0.3 is 5.97 Å². The highest BCUT2D eigenvalue weighted by atomic mass is 35.5. The van der Waals surface area contributed by atoms with Gasteiger partial charge in [0, 0.05) is 27.5 Å². The predicted octanol–water partition coefficient (Wildman–Crippen LogP) is 4.53. The van der Waals surface area contributed by atoms with Crippen molar-refractivity contribution >= 4 is 29.2 Å². The Hall–Kier alpha value is -3.45. The minimum Gasteiger partial charge on any atom is -0.493 e. The summed E-state index contributed by atoms with van der Waals surface area (Å²) in [5.74, 6) is -0.421. The molecule has 0 fully saturated rings. The Balaban J connectivity index is 1.99. The zero-order valence-corrected chi connectivity index (χ0v) is 18.2. The maximum absolute atomic E-state index is 13.1. The van der Waals surface area contributed by atoms with Crippen molar-refractivity contribution in [3.05, 3.63) is 63.8 Å². The van der Waals surface area contributed by atoms with E-state index in [9.17, 15) is 9.59 Å². The standard InChI is InChI=1S/C23H21ClN2O5/c1-11-18(23(28)31-4)20(19-14-10-13(24)6-7-15(14)26-22(19)27)21(25-11)12-5-8-16(29-2)17(9-12)30-3/h5-10,19,25H,1-4H3,(H,26,27)/t19-/m1/s1. The molecule has 0 spiro atoms. The third-order valence-corrected chi connectivity index (χ3v) is 5.66. The molecule has 2 N–H and O–H groups in total. The van der Waals surface area contributed by atoms with Gasteiger partial charge in [-0.1, -0.05) is 11.6 Å². The number of carbonyl (C=O) groups excluding carboxylic acids is 2. The quantitative estimate of drug-likeness (QED) is 0.569. The molecular formula is C23H21ClN2O5. The molecule has 0 saturated heterocycles. The monoisotopic (exact) mass is 440 g/mol. The first kappa shape index (κ1) is 20.8. The molecule has 1 amide bonds. The number of H-pyrrole nitrogens is 1. The van der Waals surface area contributed by atoms with Crippen molar-refractivity contribution < 1.29 is 23.8 Å².